The number of pyridine rings is 1. The molecule has 0 aliphatic rings. The first-order chi connectivity index (χ1) is 9.88. The molecule has 0 saturated carbocycles. The van der Waals surface area contributed by atoms with Gasteiger partial charge in [0, 0.05) is 12.1 Å². The van der Waals surface area contributed by atoms with Crippen LogP contribution in [0.5, 0.6) is 0 Å². The SMILES string of the molecule is Cc1cccc(CNC(=O)N[C@H](CCC(N)=O)C(=O)O)n1. The first-order valence-electron chi connectivity index (χ1n) is 6.36. The minimum atomic E-state index is -1.22. The number of hydrogen-bond acceptors (Lipinski definition) is 4. The Morgan fingerprint density at radius 2 is 2.10 bits per heavy atom. The van der Waals surface area contributed by atoms with E-state index in [1.165, 1.54) is 0 Å². The molecule has 1 heterocycles. The molecule has 0 aliphatic carbocycles. The predicted octanol–water partition coefficient (Wildman–Crippen LogP) is -0.0921. The molecule has 0 saturated heterocycles. The number of nitrogens with two attached hydrogens (primary N) is 1. The van der Waals surface area contributed by atoms with Gasteiger partial charge in [-0.1, -0.05) is 6.07 Å². The second kappa shape index (κ2) is 7.83. The molecule has 0 aliphatic heterocycles. The summed E-state index contributed by atoms with van der Waals surface area (Å²) < 4.78 is 0. The van der Waals surface area contributed by atoms with Crippen LogP contribution in [-0.2, 0) is 16.1 Å². The number of urea groups is 1. The van der Waals surface area contributed by atoms with Crippen LogP contribution in [0.25, 0.3) is 0 Å². The van der Waals surface area contributed by atoms with Gasteiger partial charge in [-0.2, -0.15) is 0 Å². The molecule has 3 amide bonds. The van der Waals surface area contributed by atoms with E-state index in [-0.39, 0.29) is 19.4 Å². The first kappa shape index (κ1) is 16.4. The molecule has 0 aromatic carbocycles. The molecule has 1 rings (SSSR count). The number of aromatic nitrogens is 1. The molecule has 1 aromatic heterocycles. The van der Waals surface area contributed by atoms with Crippen molar-refractivity contribution in [2.24, 2.45) is 5.73 Å². The third-order valence-corrected chi connectivity index (χ3v) is 2.66. The number of carbonyl (C=O) groups excluding carboxylic acids is 2. The highest BCUT2D eigenvalue weighted by Gasteiger charge is 2.20. The summed E-state index contributed by atoms with van der Waals surface area (Å²) in [5.74, 6) is -1.84. The van der Waals surface area contributed by atoms with E-state index < -0.39 is 23.9 Å². The van der Waals surface area contributed by atoms with E-state index in [1.807, 2.05) is 19.1 Å². The van der Waals surface area contributed by atoms with Crippen molar-refractivity contribution < 1.29 is 19.5 Å². The highest BCUT2D eigenvalue weighted by Crippen LogP contribution is 1.99. The fourth-order valence-corrected chi connectivity index (χ4v) is 1.62. The van der Waals surface area contributed by atoms with Gasteiger partial charge in [-0.15, -0.1) is 0 Å². The topological polar surface area (TPSA) is 134 Å². The number of aliphatic carboxylic acids is 1. The van der Waals surface area contributed by atoms with Gasteiger partial charge in [0.05, 0.1) is 12.2 Å². The van der Waals surface area contributed by atoms with Crippen molar-refractivity contribution in [1.29, 1.82) is 0 Å². The number of nitrogens with zero attached hydrogens (tertiary/aromatic N) is 1. The van der Waals surface area contributed by atoms with Gasteiger partial charge < -0.3 is 21.5 Å². The number of carboxylic acid groups (broad SMARTS) is 1. The fourth-order valence-electron chi connectivity index (χ4n) is 1.62. The smallest absolute Gasteiger partial charge is 0.326 e. The molecule has 1 atom stereocenters. The standard InChI is InChI=1S/C13H18N4O4/c1-8-3-2-4-9(16-8)7-15-13(21)17-10(12(19)20)5-6-11(14)18/h2-4,10H,5-7H2,1H3,(H2,14,18)(H,19,20)(H2,15,17,21)/t10-/m1/s1. The summed E-state index contributed by atoms with van der Waals surface area (Å²) in [4.78, 5) is 37.4. The Morgan fingerprint density at radius 1 is 1.38 bits per heavy atom. The molecule has 8 nitrogen and oxygen atoms in total. The molecule has 0 spiro atoms. The van der Waals surface area contributed by atoms with Crippen LogP contribution in [0.4, 0.5) is 4.79 Å². The average molecular weight is 294 g/mol. The van der Waals surface area contributed by atoms with Crippen molar-refractivity contribution in [2.75, 3.05) is 0 Å². The highest BCUT2D eigenvalue weighted by molar-refractivity contribution is 5.83. The number of amides is 3. The highest BCUT2D eigenvalue weighted by atomic mass is 16.4. The van der Waals surface area contributed by atoms with E-state index in [0.717, 1.165) is 5.69 Å². The number of rotatable bonds is 7. The van der Waals surface area contributed by atoms with Crippen LogP contribution in [0.2, 0.25) is 0 Å². The van der Waals surface area contributed by atoms with E-state index in [9.17, 15) is 14.4 Å². The van der Waals surface area contributed by atoms with E-state index in [4.69, 9.17) is 10.8 Å². The van der Waals surface area contributed by atoms with Gasteiger partial charge in [-0.3, -0.25) is 9.78 Å². The van der Waals surface area contributed by atoms with Crippen molar-refractivity contribution in [3.05, 3.63) is 29.6 Å². The van der Waals surface area contributed by atoms with Gasteiger partial charge in [0.2, 0.25) is 5.91 Å². The number of carbonyl (C=O) groups is 3. The Morgan fingerprint density at radius 3 is 2.67 bits per heavy atom. The largest absolute Gasteiger partial charge is 0.480 e. The Kier molecular flexibility index (Phi) is 6.12. The first-order valence-corrected chi connectivity index (χ1v) is 6.36. The van der Waals surface area contributed by atoms with Crippen molar-refractivity contribution in [1.82, 2.24) is 15.6 Å². The molecule has 21 heavy (non-hydrogen) atoms. The lowest BCUT2D eigenvalue weighted by atomic mass is 10.1. The van der Waals surface area contributed by atoms with E-state index in [0.29, 0.717) is 5.69 Å². The van der Waals surface area contributed by atoms with Gasteiger partial charge in [-0.25, -0.2) is 9.59 Å². The van der Waals surface area contributed by atoms with Gasteiger partial charge >= 0.3 is 12.0 Å². The predicted molar refractivity (Wildman–Crippen MR) is 74.2 cm³/mol. The van der Waals surface area contributed by atoms with Crippen LogP contribution < -0.4 is 16.4 Å². The summed E-state index contributed by atoms with van der Waals surface area (Å²) in [6, 6.07) is 3.57. The van der Waals surface area contributed by atoms with Crippen molar-refractivity contribution in [2.45, 2.75) is 32.4 Å². The molecule has 0 unspecified atom stereocenters. The second-order valence-electron chi connectivity index (χ2n) is 4.49. The van der Waals surface area contributed by atoms with Gasteiger partial charge in [-0.05, 0) is 25.5 Å². The number of primary amides is 1. The lowest BCUT2D eigenvalue weighted by molar-refractivity contribution is -0.139. The molecule has 5 N–H and O–H groups in total. The molecule has 1 aromatic rings. The maximum Gasteiger partial charge on any atom is 0.326 e. The number of carboxylic acids is 1. The zero-order valence-corrected chi connectivity index (χ0v) is 11.6. The number of hydrogen-bond donors (Lipinski definition) is 4. The summed E-state index contributed by atoms with van der Waals surface area (Å²) >= 11 is 0. The monoisotopic (exact) mass is 294 g/mol. The lowest BCUT2D eigenvalue weighted by Crippen LogP contribution is -2.46. The molecule has 114 valence electrons. The van der Waals surface area contributed by atoms with Crippen LogP contribution in [0.3, 0.4) is 0 Å². The third kappa shape index (κ3) is 6.37. The normalized spacial score (nSPS) is 11.5. The number of aryl methyl sites for hydroxylation is 1. The molecule has 0 radical (unpaired) electrons. The van der Waals surface area contributed by atoms with Crippen molar-refractivity contribution >= 4 is 17.9 Å². The molecule has 0 fully saturated rings. The average Bonchev–Trinajstić information content (AvgIpc) is 2.40. The minimum Gasteiger partial charge on any atom is -0.480 e. The van der Waals surface area contributed by atoms with Crippen LogP contribution in [0, 0.1) is 6.92 Å². The Bertz CT molecular complexity index is 533. The van der Waals surface area contributed by atoms with E-state index in [2.05, 4.69) is 15.6 Å². The van der Waals surface area contributed by atoms with Crippen LogP contribution in [0.1, 0.15) is 24.2 Å². The summed E-state index contributed by atoms with van der Waals surface area (Å²) in [7, 11) is 0. The molecular formula is C13H18N4O4. The van der Waals surface area contributed by atoms with E-state index >= 15 is 0 Å². The number of nitrogens with one attached hydrogen (secondary N) is 2. The third-order valence-electron chi connectivity index (χ3n) is 2.66. The van der Waals surface area contributed by atoms with Crippen LogP contribution in [0.15, 0.2) is 18.2 Å². The Hall–Kier alpha value is -2.64. The maximum atomic E-state index is 11.6. The zero-order chi connectivity index (χ0) is 15.8. The quantitative estimate of drug-likeness (QED) is 0.557. The summed E-state index contributed by atoms with van der Waals surface area (Å²) in [5.41, 5.74) is 6.43. The van der Waals surface area contributed by atoms with Gasteiger partial charge in [0.15, 0.2) is 0 Å². The van der Waals surface area contributed by atoms with Crippen molar-refractivity contribution in [3.63, 3.8) is 0 Å². The van der Waals surface area contributed by atoms with Crippen LogP contribution >= 0.6 is 0 Å². The van der Waals surface area contributed by atoms with Crippen LogP contribution in [-0.4, -0.2) is 34.0 Å². The minimum absolute atomic E-state index is 0.0548. The van der Waals surface area contributed by atoms with Gasteiger partial charge in [0.25, 0.3) is 0 Å². The Balaban J connectivity index is 2.46. The fraction of sp³-hybridized carbons (Fsp3) is 0.385. The van der Waals surface area contributed by atoms with Gasteiger partial charge in [0.1, 0.15) is 6.04 Å². The maximum absolute atomic E-state index is 11.6. The summed E-state index contributed by atoms with van der Waals surface area (Å²) in [5, 5.41) is 13.7. The lowest BCUT2D eigenvalue weighted by Gasteiger charge is -2.14. The molecule has 8 heteroatoms. The summed E-state index contributed by atoms with van der Waals surface area (Å²) in [6.07, 6.45) is -0.169. The summed E-state index contributed by atoms with van der Waals surface area (Å²) in [6.45, 7) is 2.00. The molecule has 0 bridgehead atoms. The zero-order valence-electron chi connectivity index (χ0n) is 11.6. The van der Waals surface area contributed by atoms with Crippen molar-refractivity contribution in [3.8, 4) is 0 Å². The van der Waals surface area contributed by atoms with E-state index in [1.54, 1.807) is 6.07 Å². The Labute approximate surface area is 121 Å². The second-order valence-corrected chi connectivity index (χ2v) is 4.49. The molecular weight excluding hydrogens is 276 g/mol.